The first kappa shape index (κ1) is 11.3. The Morgan fingerprint density at radius 1 is 1.41 bits per heavy atom. The fourth-order valence-electron chi connectivity index (χ4n) is 2.89. The Bertz CT molecular complexity index is 345. The van der Waals surface area contributed by atoms with Crippen molar-refractivity contribution in [1.29, 1.82) is 0 Å². The lowest BCUT2D eigenvalue weighted by molar-refractivity contribution is 0.100. The molecule has 0 aromatic carbocycles. The van der Waals surface area contributed by atoms with Gasteiger partial charge in [0.05, 0.1) is 6.26 Å². The van der Waals surface area contributed by atoms with E-state index in [1.165, 1.54) is 38.8 Å². The summed E-state index contributed by atoms with van der Waals surface area (Å²) in [6.45, 7) is 2.46. The van der Waals surface area contributed by atoms with Crippen LogP contribution in [0.5, 0.6) is 0 Å². The molecule has 0 amide bonds. The van der Waals surface area contributed by atoms with Crippen molar-refractivity contribution in [3.05, 3.63) is 24.2 Å². The minimum Gasteiger partial charge on any atom is -0.467 e. The van der Waals surface area contributed by atoms with Crippen molar-refractivity contribution in [3.8, 4) is 0 Å². The summed E-state index contributed by atoms with van der Waals surface area (Å²) >= 11 is 0. The molecule has 1 saturated heterocycles. The molecule has 0 radical (unpaired) electrons. The highest BCUT2D eigenvalue weighted by Crippen LogP contribution is 2.34. The molecule has 2 atom stereocenters. The normalized spacial score (nSPS) is 27.5. The number of nitrogens with zero attached hydrogens (tertiary/aromatic N) is 1. The van der Waals surface area contributed by atoms with E-state index in [1.54, 1.807) is 6.26 Å². The lowest BCUT2D eigenvalue weighted by atomic mass is 10.1. The maximum Gasteiger partial charge on any atom is 0.132 e. The van der Waals surface area contributed by atoms with Gasteiger partial charge in [0, 0.05) is 12.6 Å². The first-order valence-electron chi connectivity index (χ1n) is 6.78. The molecule has 1 aromatic rings. The van der Waals surface area contributed by atoms with Gasteiger partial charge in [-0.15, -0.1) is 0 Å². The predicted octanol–water partition coefficient (Wildman–Crippen LogP) is 2.58. The van der Waals surface area contributed by atoms with Gasteiger partial charge in [-0.3, -0.25) is 4.90 Å². The summed E-state index contributed by atoms with van der Waals surface area (Å²) in [5, 5.41) is 10.1. The van der Waals surface area contributed by atoms with Crippen LogP contribution in [-0.2, 0) is 0 Å². The second-order valence-corrected chi connectivity index (χ2v) is 5.50. The first-order valence-corrected chi connectivity index (χ1v) is 6.78. The van der Waals surface area contributed by atoms with Crippen LogP contribution in [0.15, 0.2) is 22.8 Å². The van der Waals surface area contributed by atoms with Crippen molar-refractivity contribution in [2.24, 2.45) is 5.92 Å². The van der Waals surface area contributed by atoms with Gasteiger partial charge in [-0.05, 0) is 56.7 Å². The third-order valence-electron chi connectivity index (χ3n) is 4.06. The van der Waals surface area contributed by atoms with Gasteiger partial charge in [0.1, 0.15) is 11.9 Å². The summed E-state index contributed by atoms with van der Waals surface area (Å²) < 4.78 is 5.27. The highest BCUT2D eigenvalue weighted by Gasteiger charge is 2.32. The van der Waals surface area contributed by atoms with Crippen LogP contribution >= 0.6 is 0 Å². The molecule has 1 aliphatic heterocycles. The Morgan fingerprint density at radius 2 is 2.29 bits per heavy atom. The number of hydrogen-bond donors (Lipinski definition) is 1. The van der Waals surface area contributed by atoms with Crippen molar-refractivity contribution in [1.82, 2.24) is 4.90 Å². The zero-order valence-corrected chi connectivity index (χ0v) is 10.2. The molecule has 2 heterocycles. The minimum absolute atomic E-state index is 0.435. The predicted molar refractivity (Wildman–Crippen MR) is 65.6 cm³/mol. The average Bonchev–Trinajstić information content (AvgIpc) is 2.81. The zero-order chi connectivity index (χ0) is 11.7. The van der Waals surface area contributed by atoms with E-state index in [4.69, 9.17) is 4.42 Å². The quantitative estimate of drug-likeness (QED) is 0.852. The monoisotopic (exact) mass is 235 g/mol. The van der Waals surface area contributed by atoms with E-state index >= 15 is 0 Å². The largest absolute Gasteiger partial charge is 0.467 e. The van der Waals surface area contributed by atoms with E-state index in [0.29, 0.717) is 11.8 Å². The second kappa shape index (κ2) is 4.83. The first-order chi connectivity index (χ1) is 8.33. The van der Waals surface area contributed by atoms with Crippen LogP contribution in [0.3, 0.4) is 0 Å². The number of likely N-dealkylation sites (tertiary alicyclic amines) is 1. The molecule has 3 heteroatoms. The fourth-order valence-corrected chi connectivity index (χ4v) is 2.89. The van der Waals surface area contributed by atoms with Gasteiger partial charge < -0.3 is 9.52 Å². The van der Waals surface area contributed by atoms with E-state index in [-0.39, 0.29) is 0 Å². The molecule has 1 aliphatic carbocycles. The summed E-state index contributed by atoms with van der Waals surface area (Å²) in [7, 11) is 0. The molecule has 0 spiro atoms. The van der Waals surface area contributed by atoms with Crippen molar-refractivity contribution >= 4 is 0 Å². The Kier molecular flexibility index (Phi) is 3.21. The Balaban J connectivity index is 1.55. The van der Waals surface area contributed by atoms with E-state index in [1.807, 2.05) is 12.1 Å². The number of aliphatic hydroxyl groups excluding tert-OH is 1. The van der Waals surface area contributed by atoms with Crippen molar-refractivity contribution in [2.75, 3.05) is 13.1 Å². The SMILES string of the molecule is O[C@@H](C[C@@H]1CCCN1CC1CC1)c1ccco1. The van der Waals surface area contributed by atoms with E-state index in [9.17, 15) is 5.11 Å². The highest BCUT2D eigenvalue weighted by molar-refractivity contribution is 5.03. The second-order valence-electron chi connectivity index (χ2n) is 5.50. The van der Waals surface area contributed by atoms with E-state index < -0.39 is 6.10 Å². The smallest absolute Gasteiger partial charge is 0.132 e. The zero-order valence-electron chi connectivity index (χ0n) is 10.2. The molecule has 2 fully saturated rings. The molecule has 3 nitrogen and oxygen atoms in total. The Hall–Kier alpha value is -0.800. The molecule has 17 heavy (non-hydrogen) atoms. The van der Waals surface area contributed by atoms with Gasteiger partial charge in [-0.2, -0.15) is 0 Å². The van der Waals surface area contributed by atoms with Crippen LogP contribution in [0.4, 0.5) is 0 Å². The fraction of sp³-hybridized carbons (Fsp3) is 0.714. The maximum absolute atomic E-state index is 10.1. The van der Waals surface area contributed by atoms with Crippen molar-refractivity contribution in [2.45, 2.75) is 44.2 Å². The van der Waals surface area contributed by atoms with Crippen molar-refractivity contribution in [3.63, 3.8) is 0 Å². The highest BCUT2D eigenvalue weighted by atomic mass is 16.4. The van der Waals surface area contributed by atoms with Crippen molar-refractivity contribution < 1.29 is 9.52 Å². The van der Waals surface area contributed by atoms with Crippen LogP contribution in [-0.4, -0.2) is 29.1 Å². The minimum atomic E-state index is -0.435. The molecule has 0 unspecified atom stereocenters. The van der Waals surface area contributed by atoms with E-state index in [2.05, 4.69) is 4.90 Å². The summed E-state index contributed by atoms with van der Waals surface area (Å²) in [5.41, 5.74) is 0. The molecule has 3 rings (SSSR count). The summed E-state index contributed by atoms with van der Waals surface area (Å²) in [6.07, 6.45) is 7.34. The molecule has 2 aliphatic rings. The van der Waals surface area contributed by atoms with Crippen LogP contribution < -0.4 is 0 Å². The molecular weight excluding hydrogens is 214 g/mol. The number of furan rings is 1. The van der Waals surface area contributed by atoms with Crippen LogP contribution in [0, 0.1) is 5.92 Å². The van der Waals surface area contributed by atoms with Gasteiger partial charge in [-0.1, -0.05) is 0 Å². The summed E-state index contributed by atoms with van der Waals surface area (Å²) in [4.78, 5) is 2.57. The third-order valence-corrected chi connectivity index (χ3v) is 4.06. The third kappa shape index (κ3) is 2.72. The topological polar surface area (TPSA) is 36.6 Å². The number of aliphatic hydroxyl groups is 1. The lowest BCUT2D eigenvalue weighted by Crippen LogP contribution is -2.32. The van der Waals surface area contributed by atoms with Gasteiger partial charge >= 0.3 is 0 Å². The number of rotatable bonds is 5. The molecule has 94 valence electrons. The lowest BCUT2D eigenvalue weighted by Gasteiger charge is -2.25. The Labute approximate surface area is 102 Å². The average molecular weight is 235 g/mol. The standard InChI is InChI=1S/C14H21NO2/c16-13(14-4-2-8-17-14)9-12-3-1-7-15(12)10-11-5-6-11/h2,4,8,11-13,16H,1,3,5-7,9-10H2/t12-,13-/m0/s1. The van der Waals surface area contributed by atoms with E-state index in [0.717, 1.165) is 12.3 Å². The molecule has 0 bridgehead atoms. The van der Waals surface area contributed by atoms with Crippen LogP contribution in [0.1, 0.15) is 44.0 Å². The molecular formula is C14H21NO2. The molecule has 1 aromatic heterocycles. The van der Waals surface area contributed by atoms with Gasteiger partial charge in [-0.25, -0.2) is 0 Å². The number of hydrogen-bond acceptors (Lipinski definition) is 3. The van der Waals surface area contributed by atoms with Crippen LogP contribution in [0.25, 0.3) is 0 Å². The molecule has 1 N–H and O–H groups in total. The van der Waals surface area contributed by atoms with Gasteiger partial charge in [0.2, 0.25) is 0 Å². The maximum atomic E-state index is 10.1. The van der Waals surface area contributed by atoms with Crippen LogP contribution in [0.2, 0.25) is 0 Å². The molecule has 1 saturated carbocycles. The summed E-state index contributed by atoms with van der Waals surface area (Å²) in [6, 6.07) is 4.26. The Morgan fingerprint density at radius 3 is 3.00 bits per heavy atom. The van der Waals surface area contributed by atoms with Gasteiger partial charge in [0.25, 0.3) is 0 Å². The summed E-state index contributed by atoms with van der Waals surface area (Å²) in [5.74, 6) is 1.65. The van der Waals surface area contributed by atoms with Gasteiger partial charge in [0.15, 0.2) is 0 Å².